The number of carbonyl (C=O) groups is 1. The fourth-order valence-corrected chi connectivity index (χ4v) is 2.29. The minimum atomic E-state index is -0.527. The molecule has 2 atom stereocenters. The molecule has 6 heteroatoms. The molecular formula is C19H27Cl2N3O. The predicted octanol–water partition coefficient (Wildman–Crippen LogP) is 4.14. The molecule has 2 aromatic rings. The molecule has 0 aliphatic heterocycles. The van der Waals surface area contributed by atoms with Crippen molar-refractivity contribution in [2.45, 2.75) is 39.8 Å². The van der Waals surface area contributed by atoms with Crippen LogP contribution in [0.3, 0.4) is 0 Å². The first-order valence-electron chi connectivity index (χ1n) is 7.85. The van der Waals surface area contributed by atoms with Gasteiger partial charge < -0.3 is 11.1 Å². The molecule has 1 heterocycles. The summed E-state index contributed by atoms with van der Waals surface area (Å²) in [4.78, 5) is 16.2. The summed E-state index contributed by atoms with van der Waals surface area (Å²) >= 11 is 0. The second-order valence-electron chi connectivity index (χ2n) is 6.93. The van der Waals surface area contributed by atoms with Crippen molar-refractivity contribution >= 4 is 30.7 Å². The zero-order valence-electron chi connectivity index (χ0n) is 15.0. The van der Waals surface area contributed by atoms with E-state index in [1.54, 1.807) is 12.4 Å². The molecule has 1 amide bonds. The second-order valence-corrected chi connectivity index (χ2v) is 6.93. The molecule has 4 nitrogen and oxygen atoms in total. The second kappa shape index (κ2) is 9.76. The van der Waals surface area contributed by atoms with Gasteiger partial charge in [-0.05, 0) is 41.2 Å². The Morgan fingerprint density at radius 3 is 1.96 bits per heavy atom. The number of halogens is 2. The van der Waals surface area contributed by atoms with Crippen LogP contribution >= 0.6 is 24.8 Å². The first kappa shape index (κ1) is 23.4. The van der Waals surface area contributed by atoms with Crippen LogP contribution in [-0.4, -0.2) is 16.9 Å². The zero-order valence-corrected chi connectivity index (χ0v) is 16.7. The third-order valence-electron chi connectivity index (χ3n) is 4.00. The molecule has 3 N–H and O–H groups in total. The first-order chi connectivity index (χ1) is 10.8. The largest absolute Gasteiger partial charge is 0.348 e. The third-order valence-corrected chi connectivity index (χ3v) is 4.00. The van der Waals surface area contributed by atoms with Crippen LogP contribution in [0, 0.1) is 5.41 Å². The summed E-state index contributed by atoms with van der Waals surface area (Å²) in [5, 5.41) is 2.99. The average molecular weight is 384 g/mol. The van der Waals surface area contributed by atoms with Crippen LogP contribution < -0.4 is 11.1 Å². The van der Waals surface area contributed by atoms with Crippen LogP contribution in [0.2, 0.25) is 0 Å². The fraction of sp³-hybridized carbons (Fsp3) is 0.368. The Morgan fingerprint density at radius 2 is 1.48 bits per heavy atom. The lowest BCUT2D eigenvalue weighted by molar-refractivity contribution is -0.125. The van der Waals surface area contributed by atoms with Crippen molar-refractivity contribution < 1.29 is 4.79 Å². The number of hydrogen-bond acceptors (Lipinski definition) is 3. The van der Waals surface area contributed by atoms with Crippen molar-refractivity contribution in [2.75, 3.05) is 0 Å². The van der Waals surface area contributed by atoms with Crippen molar-refractivity contribution in [1.82, 2.24) is 10.3 Å². The molecule has 0 aliphatic rings. The van der Waals surface area contributed by atoms with E-state index in [0.717, 1.165) is 16.7 Å². The lowest BCUT2D eigenvalue weighted by Gasteiger charge is -2.27. The Labute approximate surface area is 162 Å². The lowest BCUT2D eigenvalue weighted by atomic mass is 9.86. The predicted molar refractivity (Wildman–Crippen MR) is 108 cm³/mol. The molecule has 2 rings (SSSR count). The van der Waals surface area contributed by atoms with Gasteiger partial charge in [0.1, 0.15) is 0 Å². The van der Waals surface area contributed by atoms with E-state index in [0.29, 0.717) is 0 Å². The summed E-state index contributed by atoms with van der Waals surface area (Å²) in [6.45, 7) is 7.86. The number of amides is 1. The summed E-state index contributed by atoms with van der Waals surface area (Å²) in [5.74, 6) is -0.122. The maximum absolute atomic E-state index is 12.2. The molecule has 0 fully saturated rings. The molecule has 1 aromatic heterocycles. The molecule has 138 valence electrons. The number of nitrogens with two attached hydrogens (primary N) is 1. The monoisotopic (exact) mass is 383 g/mol. The van der Waals surface area contributed by atoms with Gasteiger partial charge >= 0.3 is 0 Å². The van der Waals surface area contributed by atoms with Gasteiger partial charge in [-0.25, -0.2) is 0 Å². The highest BCUT2D eigenvalue weighted by Crippen LogP contribution is 2.22. The zero-order chi connectivity index (χ0) is 17.0. The van der Waals surface area contributed by atoms with Crippen LogP contribution in [0.5, 0.6) is 0 Å². The molecule has 0 bridgehead atoms. The minimum Gasteiger partial charge on any atom is -0.348 e. The number of pyridine rings is 1. The summed E-state index contributed by atoms with van der Waals surface area (Å²) in [6.07, 6.45) is 3.56. The summed E-state index contributed by atoms with van der Waals surface area (Å²) in [6, 6.07) is 11.5. The Kier molecular flexibility index (Phi) is 9.12. The van der Waals surface area contributed by atoms with Gasteiger partial charge in [-0.3, -0.25) is 9.78 Å². The van der Waals surface area contributed by atoms with Crippen molar-refractivity contribution in [2.24, 2.45) is 11.1 Å². The topological polar surface area (TPSA) is 68.0 Å². The van der Waals surface area contributed by atoms with Crippen molar-refractivity contribution in [3.8, 4) is 11.1 Å². The SMILES string of the molecule is CC(NC(=O)[C@@H](N)C(C)(C)C)c1ccc(-c2ccncc2)cc1.Cl.Cl. The van der Waals surface area contributed by atoms with Gasteiger partial charge in [-0.15, -0.1) is 24.8 Å². The van der Waals surface area contributed by atoms with Gasteiger partial charge in [0.2, 0.25) is 5.91 Å². The Morgan fingerprint density at radius 1 is 1.00 bits per heavy atom. The smallest absolute Gasteiger partial charge is 0.237 e. The number of carbonyl (C=O) groups excluding carboxylic acids is 1. The molecule has 0 radical (unpaired) electrons. The Hall–Kier alpha value is -1.62. The quantitative estimate of drug-likeness (QED) is 0.833. The van der Waals surface area contributed by atoms with E-state index >= 15 is 0 Å². The van der Waals surface area contributed by atoms with Gasteiger partial charge in [0.05, 0.1) is 12.1 Å². The Balaban J connectivity index is 0.00000288. The molecule has 25 heavy (non-hydrogen) atoms. The van der Waals surface area contributed by atoms with E-state index in [9.17, 15) is 4.79 Å². The lowest BCUT2D eigenvalue weighted by Crippen LogP contribution is -2.49. The number of nitrogens with one attached hydrogen (secondary N) is 1. The van der Waals surface area contributed by atoms with Crippen molar-refractivity contribution in [3.05, 3.63) is 54.4 Å². The van der Waals surface area contributed by atoms with Crippen LogP contribution in [0.4, 0.5) is 0 Å². The number of hydrogen-bond donors (Lipinski definition) is 2. The summed E-state index contributed by atoms with van der Waals surface area (Å²) in [7, 11) is 0. The number of nitrogens with zero attached hydrogens (tertiary/aromatic N) is 1. The maximum atomic E-state index is 12.2. The highest BCUT2D eigenvalue weighted by molar-refractivity contribution is 5.85. The van der Waals surface area contributed by atoms with Crippen molar-refractivity contribution in [1.29, 1.82) is 0 Å². The van der Waals surface area contributed by atoms with Crippen molar-refractivity contribution in [3.63, 3.8) is 0 Å². The molecule has 1 unspecified atom stereocenters. The first-order valence-corrected chi connectivity index (χ1v) is 7.85. The van der Waals surface area contributed by atoms with Crippen LogP contribution in [0.15, 0.2) is 48.8 Å². The van der Waals surface area contributed by atoms with E-state index in [4.69, 9.17) is 5.73 Å². The summed E-state index contributed by atoms with van der Waals surface area (Å²) < 4.78 is 0. The average Bonchev–Trinajstić information content (AvgIpc) is 2.54. The van der Waals surface area contributed by atoms with E-state index in [-0.39, 0.29) is 42.2 Å². The van der Waals surface area contributed by atoms with E-state index in [1.807, 2.05) is 52.0 Å². The Bertz CT molecular complexity index is 655. The highest BCUT2D eigenvalue weighted by atomic mass is 35.5. The molecule has 1 aromatic carbocycles. The number of aromatic nitrogens is 1. The molecule has 0 spiro atoms. The standard InChI is InChI=1S/C19H25N3O.2ClH/c1-13(22-18(23)17(20)19(2,3)4)14-5-7-15(8-6-14)16-9-11-21-12-10-16;;/h5-13,17H,20H2,1-4H3,(H,22,23);2*1H/t13?,17-;;/m1../s1. The van der Waals surface area contributed by atoms with Crippen LogP contribution in [0.25, 0.3) is 11.1 Å². The van der Waals surface area contributed by atoms with Gasteiger partial charge in [0.15, 0.2) is 0 Å². The molecule has 0 aliphatic carbocycles. The van der Waals surface area contributed by atoms with Gasteiger partial charge in [-0.1, -0.05) is 45.0 Å². The third kappa shape index (κ3) is 6.31. The van der Waals surface area contributed by atoms with Gasteiger partial charge in [-0.2, -0.15) is 0 Å². The van der Waals surface area contributed by atoms with Gasteiger partial charge in [0.25, 0.3) is 0 Å². The van der Waals surface area contributed by atoms with E-state index in [2.05, 4.69) is 22.4 Å². The molecule has 0 saturated heterocycles. The fourth-order valence-electron chi connectivity index (χ4n) is 2.29. The van der Waals surface area contributed by atoms with E-state index in [1.165, 1.54) is 0 Å². The number of rotatable bonds is 4. The molecule has 0 saturated carbocycles. The minimum absolute atomic E-state index is 0. The highest BCUT2D eigenvalue weighted by Gasteiger charge is 2.28. The molecular weight excluding hydrogens is 357 g/mol. The number of benzene rings is 1. The maximum Gasteiger partial charge on any atom is 0.237 e. The summed E-state index contributed by atoms with van der Waals surface area (Å²) in [5.41, 5.74) is 9.05. The van der Waals surface area contributed by atoms with Crippen LogP contribution in [0.1, 0.15) is 39.3 Å². The van der Waals surface area contributed by atoms with Crippen LogP contribution in [-0.2, 0) is 4.79 Å². The normalized spacial score (nSPS) is 13.0. The van der Waals surface area contributed by atoms with Gasteiger partial charge in [0, 0.05) is 12.4 Å². The van der Waals surface area contributed by atoms with E-state index < -0.39 is 6.04 Å².